The Hall–Kier alpha value is -1.44. The molecule has 0 aliphatic carbocycles. The SMILES string of the molecule is CN.Cc1cn(C2CCC(CO)O2)c(=O)[nH]c1=O. The number of nitrogens with one attached hydrogen (secondary N) is 1. The molecule has 0 amide bonds. The van der Waals surface area contributed by atoms with E-state index in [2.05, 4.69) is 10.7 Å². The van der Waals surface area contributed by atoms with Crippen LogP contribution in [0.1, 0.15) is 24.6 Å². The maximum atomic E-state index is 11.5. The molecule has 1 aliphatic rings. The molecular weight excluding hydrogens is 238 g/mol. The van der Waals surface area contributed by atoms with E-state index < -0.39 is 5.69 Å². The van der Waals surface area contributed by atoms with E-state index in [0.29, 0.717) is 18.4 Å². The average molecular weight is 257 g/mol. The van der Waals surface area contributed by atoms with Crippen LogP contribution < -0.4 is 17.0 Å². The van der Waals surface area contributed by atoms with Crippen LogP contribution in [0.5, 0.6) is 0 Å². The van der Waals surface area contributed by atoms with Crippen molar-refractivity contribution in [2.45, 2.75) is 32.1 Å². The summed E-state index contributed by atoms with van der Waals surface area (Å²) >= 11 is 0. The van der Waals surface area contributed by atoms with Crippen LogP contribution in [0, 0.1) is 6.92 Å². The predicted molar refractivity (Wildman–Crippen MR) is 66.4 cm³/mol. The van der Waals surface area contributed by atoms with Gasteiger partial charge in [-0.1, -0.05) is 0 Å². The summed E-state index contributed by atoms with van der Waals surface area (Å²) in [6.45, 7) is 1.58. The first-order valence-corrected chi connectivity index (χ1v) is 5.78. The summed E-state index contributed by atoms with van der Waals surface area (Å²) in [7, 11) is 1.50. The molecule has 18 heavy (non-hydrogen) atoms. The molecule has 7 nitrogen and oxygen atoms in total. The highest BCUT2D eigenvalue weighted by molar-refractivity contribution is 5.01. The molecular formula is C11H19N3O4. The zero-order chi connectivity index (χ0) is 13.7. The van der Waals surface area contributed by atoms with Gasteiger partial charge in [0.25, 0.3) is 5.56 Å². The van der Waals surface area contributed by atoms with Crippen LogP contribution >= 0.6 is 0 Å². The Kier molecular flexibility index (Phi) is 5.26. The number of aryl methyl sites for hydroxylation is 1. The zero-order valence-electron chi connectivity index (χ0n) is 10.5. The number of hydrogen-bond donors (Lipinski definition) is 3. The molecule has 1 aromatic rings. The molecule has 1 fully saturated rings. The highest BCUT2D eigenvalue weighted by Gasteiger charge is 2.26. The van der Waals surface area contributed by atoms with Crippen LogP contribution in [0.25, 0.3) is 0 Å². The van der Waals surface area contributed by atoms with E-state index in [-0.39, 0.29) is 24.5 Å². The van der Waals surface area contributed by atoms with Gasteiger partial charge in [-0.25, -0.2) is 4.79 Å². The molecule has 2 heterocycles. The van der Waals surface area contributed by atoms with Gasteiger partial charge in [0.15, 0.2) is 0 Å². The third-order valence-corrected chi connectivity index (χ3v) is 2.74. The van der Waals surface area contributed by atoms with E-state index in [1.807, 2.05) is 0 Å². The van der Waals surface area contributed by atoms with Crippen molar-refractivity contribution in [3.05, 3.63) is 32.6 Å². The van der Waals surface area contributed by atoms with Crippen molar-refractivity contribution in [2.75, 3.05) is 13.7 Å². The maximum Gasteiger partial charge on any atom is 0.330 e. The van der Waals surface area contributed by atoms with Gasteiger partial charge >= 0.3 is 5.69 Å². The Balaban J connectivity index is 0.000000771. The molecule has 1 aromatic heterocycles. The van der Waals surface area contributed by atoms with Gasteiger partial charge in [0.1, 0.15) is 6.23 Å². The first kappa shape index (κ1) is 14.6. The van der Waals surface area contributed by atoms with Crippen LogP contribution in [0.4, 0.5) is 0 Å². The standard InChI is InChI=1S/C10H14N2O4.CH5N/c1-6-4-12(10(15)11-9(6)14)8-3-2-7(5-13)16-8;1-2/h4,7-8,13H,2-3,5H2,1H3,(H,11,14,15);2H2,1H3. The van der Waals surface area contributed by atoms with E-state index in [1.165, 1.54) is 17.8 Å². The summed E-state index contributed by atoms with van der Waals surface area (Å²) in [6.07, 6.45) is 2.26. The van der Waals surface area contributed by atoms with E-state index >= 15 is 0 Å². The highest BCUT2D eigenvalue weighted by Crippen LogP contribution is 2.26. The van der Waals surface area contributed by atoms with Gasteiger partial charge < -0.3 is 15.6 Å². The molecule has 0 bridgehead atoms. The molecule has 0 saturated carbocycles. The van der Waals surface area contributed by atoms with Crippen LogP contribution in [-0.2, 0) is 4.74 Å². The summed E-state index contributed by atoms with van der Waals surface area (Å²) in [6, 6.07) is 0. The molecule has 102 valence electrons. The van der Waals surface area contributed by atoms with Gasteiger partial charge in [-0.2, -0.15) is 0 Å². The van der Waals surface area contributed by atoms with Crippen molar-refractivity contribution in [3.8, 4) is 0 Å². The lowest BCUT2D eigenvalue weighted by atomic mass is 10.2. The molecule has 4 N–H and O–H groups in total. The van der Waals surface area contributed by atoms with Crippen LogP contribution in [-0.4, -0.2) is 34.4 Å². The van der Waals surface area contributed by atoms with Crippen LogP contribution in [0.2, 0.25) is 0 Å². The number of aliphatic hydroxyl groups is 1. The minimum Gasteiger partial charge on any atom is -0.394 e. The number of aromatic nitrogens is 2. The lowest BCUT2D eigenvalue weighted by molar-refractivity contribution is -0.0247. The van der Waals surface area contributed by atoms with Crippen LogP contribution in [0.15, 0.2) is 15.8 Å². The molecule has 0 spiro atoms. The van der Waals surface area contributed by atoms with Crippen molar-refractivity contribution in [2.24, 2.45) is 5.73 Å². The summed E-state index contributed by atoms with van der Waals surface area (Å²) in [4.78, 5) is 24.9. The summed E-state index contributed by atoms with van der Waals surface area (Å²) in [5.74, 6) is 0. The van der Waals surface area contributed by atoms with E-state index in [4.69, 9.17) is 9.84 Å². The second-order valence-corrected chi connectivity index (χ2v) is 3.95. The molecule has 2 atom stereocenters. The summed E-state index contributed by atoms with van der Waals surface area (Å²) in [5.41, 5.74) is 4.12. The van der Waals surface area contributed by atoms with Crippen molar-refractivity contribution in [3.63, 3.8) is 0 Å². The fourth-order valence-corrected chi connectivity index (χ4v) is 1.83. The quantitative estimate of drug-likeness (QED) is 0.635. The molecule has 1 aliphatic heterocycles. The van der Waals surface area contributed by atoms with Crippen molar-refractivity contribution in [1.29, 1.82) is 0 Å². The third-order valence-electron chi connectivity index (χ3n) is 2.74. The van der Waals surface area contributed by atoms with Gasteiger partial charge in [-0.15, -0.1) is 0 Å². The molecule has 0 radical (unpaired) electrons. The Morgan fingerprint density at radius 1 is 1.50 bits per heavy atom. The zero-order valence-corrected chi connectivity index (χ0v) is 10.5. The second-order valence-electron chi connectivity index (χ2n) is 3.95. The number of aromatic amines is 1. The van der Waals surface area contributed by atoms with Crippen molar-refractivity contribution in [1.82, 2.24) is 9.55 Å². The average Bonchev–Trinajstić information content (AvgIpc) is 2.85. The normalized spacial score (nSPS) is 22.4. The number of rotatable bonds is 2. The minimum atomic E-state index is -0.473. The largest absolute Gasteiger partial charge is 0.394 e. The molecule has 0 aromatic carbocycles. The number of H-pyrrole nitrogens is 1. The number of aliphatic hydroxyl groups excluding tert-OH is 1. The van der Waals surface area contributed by atoms with Gasteiger partial charge in [-0.05, 0) is 26.8 Å². The fraction of sp³-hybridized carbons (Fsp3) is 0.636. The fourth-order valence-electron chi connectivity index (χ4n) is 1.83. The highest BCUT2D eigenvalue weighted by atomic mass is 16.5. The number of ether oxygens (including phenoxy) is 1. The van der Waals surface area contributed by atoms with Gasteiger partial charge in [0.05, 0.1) is 12.7 Å². The minimum absolute atomic E-state index is 0.0480. The number of hydrogen-bond acceptors (Lipinski definition) is 5. The van der Waals surface area contributed by atoms with E-state index in [1.54, 1.807) is 6.92 Å². The van der Waals surface area contributed by atoms with E-state index in [9.17, 15) is 9.59 Å². The van der Waals surface area contributed by atoms with Gasteiger partial charge in [-0.3, -0.25) is 14.3 Å². The third kappa shape index (κ3) is 3.06. The monoisotopic (exact) mass is 257 g/mol. The van der Waals surface area contributed by atoms with Gasteiger partial charge in [0, 0.05) is 11.8 Å². The summed E-state index contributed by atoms with van der Waals surface area (Å²) < 4.78 is 6.83. The smallest absolute Gasteiger partial charge is 0.330 e. The molecule has 2 rings (SSSR count). The Morgan fingerprint density at radius 2 is 2.17 bits per heavy atom. The molecule has 1 saturated heterocycles. The lowest BCUT2D eigenvalue weighted by Crippen LogP contribution is -2.33. The summed E-state index contributed by atoms with van der Waals surface area (Å²) in [5, 5.41) is 8.93. The van der Waals surface area contributed by atoms with Crippen molar-refractivity contribution >= 4 is 0 Å². The topological polar surface area (TPSA) is 110 Å². The number of nitrogens with zero attached hydrogens (tertiary/aromatic N) is 1. The Labute approximate surface area is 104 Å². The van der Waals surface area contributed by atoms with Crippen molar-refractivity contribution < 1.29 is 9.84 Å². The molecule has 7 heteroatoms. The lowest BCUT2D eigenvalue weighted by Gasteiger charge is -2.14. The first-order chi connectivity index (χ1) is 8.61. The first-order valence-electron chi connectivity index (χ1n) is 5.78. The van der Waals surface area contributed by atoms with Gasteiger partial charge in [0.2, 0.25) is 0 Å². The Morgan fingerprint density at radius 3 is 2.72 bits per heavy atom. The van der Waals surface area contributed by atoms with Crippen LogP contribution in [0.3, 0.4) is 0 Å². The van der Waals surface area contributed by atoms with E-state index in [0.717, 1.165) is 0 Å². The molecule has 2 unspecified atom stereocenters. The number of nitrogens with two attached hydrogens (primary N) is 1. The maximum absolute atomic E-state index is 11.5. The Bertz CT molecular complexity index is 494. The second kappa shape index (κ2) is 6.48. The predicted octanol–water partition coefficient (Wildman–Crippen LogP) is -0.910.